The molecule has 3 nitrogen and oxygen atoms in total. The van der Waals surface area contributed by atoms with Crippen LogP contribution in [0.5, 0.6) is 0 Å². The zero-order valence-corrected chi connectivity index (χ0v) is 12.1. The van der Waals surface area contributed by atoms with Crippen LogP contribution in [-0.4, -0.2) is 18.6 Å². The smallest absolute Gasteiger partial charge is 0.323 e. The monoisotopic (exact) mass is 281 g/mol. The van der Waals surface area contributed by atoms with Crippen molar-refractivity contribution in [3.05, 3.63) is 59.7 Å². The van der Waals surface area contributed by atoms with E-state index in [2.05, 4.69) is 35.6 Å². The molecule has 2 aromatic rings. The molecule has 1 aliphatic rings. The van der Waals surface area contributed by atoms with Crippen molar-refractivity contribution in [3.8, 4) is 11.1 Å². The van der Waals surface area contributed by atoms with Crippen molar-refractivity contribution in [1.29, 1.82) is 0 Å². The van der Waals surface area contributed by atoms with E-state index < -0.39 is 0 Å². The van der Waals surface area contributed by atoms with Crippen LogP contribution in [0.15, 0.2) is 48.5 Å². The van der Waals surface area contributed by atoms with Crippen molar-refractivity contribution in [2.24, 2.45) is 0 Å². The Balaban J connectivity index is 1.81. The minimum Gasteiger partial charge on any atom is -0.465 e. The highest BCUT2D eigenvalue weighted by molar-refractivity contribution is 5.77. The van der Waals surface area contributed by atoms with Crippen LogP contribution in [0.1, 0.15) is 18.1 Å². The summed E-state index contributed by atoms with van der Waals surface area (Å²) in [5.41, 5.74) is 4.92. The van der Waals surface area contributed by atoms with Crippen molar-refractivity contribution in [3.63, 3.8) is 0 Å². The van der Waals surface area contributed by atoms with Crippen LogP contribution < -0.4 is 5.32 Å². The van der Waals surface area contributed by atoms with E-state index >= 15 is 0 Å². The van der Waals surface area contributed by atoms with Gasteiger partial charge in [0.25, 0.3) is 0 Å². The quantitative estimate of drug-likeness (QED) is 0.879. The van der Waals surface area contributed by atoms with E-state index in [1.54, 1.807) is 0 Å². The maximum atomic E-state index is 11.8. The first-order valence-electron chi connectivity index (χ1n) is 7.35. The minimum atomic E-state index is -0.222. The zero-order chi connectivity index (χ0) is 14.7. The second-order valence-electron chi connectivity index (χ2n) is 5.24. The van der Waals surface area contributed by atoms with Crippen LogP contribution in [0.25, 0.3) is 11.1 Å². The number of esters is 1. The molecular formula is C18H19NO2. The molecule has 3 heteroatoms. The molecule has 0 aromatic heterocycles. The highest BCUT2D eigenvalue weighted by Crippen LogP contribution is 2.25. The van der Waals surface area contributed by atoms with Crippen LogP contribution in [0.4, 0.5) is 0 Å². The SMILES string of the molecule is CCOC(=O)C1Cc2ccc(-c3ccccc3)cc2CN1. The number of ether oxygens (including phenoxy) is 1. The zero-order valence-electron chi connectivity index (χ0n) is 12.1. The highest BCUT2D eigenvalue weighted by atomic mass is 16.5. The van der Waals surface area contributed by atoms with Crippen LogP contribution in [0.2, 0.25) is 0 Å². The van der Waals surface area contributed by atoms with E-state index in [4.69, 9.17) is 4.74 Å². The van der Waals surface area contributed by atoms with E-state index in [9.17, 15) is 4.79 Å². The second-order valence-corrected chi connectivity index (χ2v) is 5.24. The first kappa shape index (κ1) is 13.8. The molecule has 21 heavy (non-hydrogen) atoms. The van der Waals surface area contributed by atoms with Crippen LogP contribution >= 0.6 is 0 Å². The normalized spacial score (nSPS) is 17.1. The first-order chi connectivity index (χ1) is 10.3. The summed E-state index contributed by atoms with van der Waals surface area (Å²) in [5, 5.41) is 3.26. The van der Waals surface area contributed by atoms with Gasteiger partial charge in [-0.2, -0.15) is 0 Å². The molecule has 0 spiro atoms. The Hall–Kier alpha value is -2.13. The van der Waals surface area contributed by atoms with E-state index in [-0.39, 0.29) is 12.0 Å². The van der Waals surface area contributed by atoms with Gasteiger partial charge in [0.05, 0.1) is 6.61 Å². The lowest BCUT2D eigenvalue weighted by atomic mass is 9.92. The third-order valence-electron chi connectivity index (χ3n) is 3.85. The van der Waals surface area contributed by atoms with Crippen molar-refractivity contribution in [2.75, 3.05) is 6.61 Å². The Morgan fingerprint density at radius 1 is 1.14 bits per heavy atom. The van der Waals surface area contributed by atoms with Crippen LogP contribution in [0.3, 0.4) is 0 Å². The van der Waals surface area contributed by atoms with Crippen LogP contribution in [-0.2, 0) is 22.5 Å². The molecule has 0 amide bonds. The lowest BCUT2D eigenvalue weighted by molar-refractivity contribution is -0.145. The first-order valence-corrected chi connectivity index (χ1v) is 7.35. The Labute approximate surface area is 124 Å². The minimum absolute atomic E-state index is 0.157. The lowest BCUT2D eigenvalue weighted by Gasteiger charge is -2.25. The van der Waals surface area contributed by atoms with Gasteiger partial charge in [-0.1, -0.05) is 42.5 Å². The topological polar surface area (TPSA) is 38.3 Å². The molecule has 1 atom stereocenters. The van der Waals surface area contributed by atoms with Crippen molar-refractivity contribution in [1.82, 2.24) is 5.32 Å². The van der Waals surface area contributed by atoms with Crippen molar-refractivity contribution < 1.29 is 9.53 Å². The summed E-state index contributed by atoms with van der Waals surface area (Å²) < 4.78 is 5.09. The number of hydrogen-bond acceptors (Lipinski definition) is 3. The molecular weight excluding hydrogens is 262 g/mol. The standard InChI is InChI=1S/C18H19NO2/c1-2-21-18(20)17-11-15-9-8-14(10-16(15)12-19-17)13-6-4-3-5-7-13/h3-10,17,19H,2,11-12H2,1H3. The van der Waals surface area contributed by atoms with Gasteiger partial charge >= 0.3 is 5.97 Å². The number of fused-ring (bicyclic) bond motifs is 1. The summed E-state index contributed by atoms with van der Waals surface area (Å²) in [6.07, 6.45) is 0.698. The van der Waals surface area contributed by atoms with Crippen LogP contribution in [0, 0.1) is 0 Å². The average Bonchev–Trinajstić information content (AvgIpc) is 2.55. The fourth-order valence-electron chi connectivity index (χ4n) is 2.73. The predicted octanol–water partition coefficient (Wildman–Crippen LogP) is 2.93. The molecule has 0 radical (unpaired) electrons. The molecule has 1 N–H and O–H groups in total. The molecule has 2 aromatic carbocycles. The van der Waals surface area contributed by atoms with Gasteiger partial charge in [-0.15, -0.1) is 0 Å². The van der Waals surface area contributed by atoms with Gasteiger partial charge in [-0.3, -0.25) is 4.79 Å². The summed E-state index contributed by atoms with van der Waals surface area (Å²) in [5.74, 6) is -0.157. The number of hydrogen-bond donors (Lipinski definition) is 1. The average molecular weight is 281 g/mol. The number of nitrogens with one attached hydrogen (secondary N) is 1. The van der Waals surface area contributed by atoms with Gasteiger partial charge < -0.3 is 10.1 Å². The largest absolute Gasteiger partial charge is 0.465 e. The molecule has 1 heterocycles. The summed E-state index contributed by atoms with van der Waals surface area (Å²) in [4.78, 5) is 11.8. The molecule has 1 aliphatic heterocycles. The number of carbonyl (C=O) groups excluding carboxylic acids is 1. The summed E-state index contributed by atoms with van der Waals surface area (Å²) >= 11 is 0. The molecule has 0 fully saturated rings. The molecule has 0 aliphatic carbocycles. The maximum Gasteiger partial charge on any atom is 0.323 e. The van der Waals surface area contributed by atoms with Gasteiger partial charge in [0, 0.05) is 6.54 Å². The van der Waals surface area contributed by atoms with Gasteiger partial charge in [-0.05, 0) is 41.7 Å². The fraction of sp³-hybridized carbons (Fsp3) is 0.278. The Kier molecular flexibility index (Phi) is 4.02. The van der Waals surface area contributed by atoms with Gasteiger partial charge in [0.1, 0.15) is 6.04 Å². The third-order valence-corrected chi connectivity index (χ3v) is 3.85. The number of rotatable bonds is 3. The van der Waals surface area contributed by atoms with E-state index in [0.29, 0.717) is 19.6 Å². The molecule has 0 saturated carbocycles. The van der Waals surface area contributed by atoms with Crippen molar-refractivity contribution in [2.45, 2.75) is 25.9 Å². The molecule has 3 rings (SSSR count). The third kappa shape index (κ3) is 2.98. The predicted molar refractivity (Wildman–Crippen MR) is 82.8 cm³/mol. The fourth-order valence-corrected chi connectivity index (χ4v) is 2.73. The van der Waals surface area contributed by atoms with E-state index in [0.717, 1.165) is 0 Å². The van der Waals surface area contributed by atoms with Gasteiger partial charge in [0.15, 0.2) is 0 Å². The molecule has 0 bridgehead atoms. The van der Waals surface area contributed by atoms with E-state index in [1.165, 1.54) is 22.3 Å². The Morgan fingerprint density at radius 3 is 2.71 bits per heavy atom. The number of carbonyl (C=O) groups is 1. The second kappa shape index (κ2) is 6.10. The Bertz CT molecular complexity index is 637. The van der Waals surface area contributed by atoms with E-state index in [1.807, 2.05) is 25.1 Å². The summed E-state index contributed by atoms with van der Waals surface area (Å²) in [6.45, 7) is 2.97. The van der Waals surface area contributed by atoms with Crippen molar-refractivity contribution >= 4 is 5.97 Å². The lowest BCUT2D eigenvalue weighted by Crippen LogP contribution is -2.42. The highest BCUT2D eigenvalue weighted by Gasteiger charge is 2.25. The number of benzene rings is 2. The maximum absolute atomic E-state index is 11.8. The molecule has 0 saturated heterocycles. The summed E-state index contributed by atoms with van der Waals surface area (Å²) in [7, 11) is 0. The molecule has 1 unspecified atom stereocenters. The molecule has 108 valence electrons. The van der Waals surface area contributed by atoms with Gasteiger partial charge in [0.2, 0.25) is 0 Å². The Morgan fingerprint density at radius 2 is 1.95 bits per heavy atom. The summed E-state index contributed by atoms with van der Waals surface area (Å²) in [6, 6.07) is 16.6. The van der Waals surface area contributed by atoms with Gasteiger partial charge in [-0.25, -0.2) is 0 Å².